The lowest BCUT2D eigenvalue weighted by Gasteiger charge is -2.22. The fourth-order valence-electron chi connectivity index (χ4n) is 9.53. The molecule has 0 aliphatic rings. The van der Waals surface area contributed by atoms with Crippen LogP contribution in [0.2, 0.25) is 0 Å². The van der Waals surface area contributed by atoms with E-state index in [1.807, 2.05) is 18.2 Å². The van der Waals surface area contributed by atoms with Crippen LogP contribution in [0.1, 0.15) is 25.0 Å². The number of rotatable bonds is 11. The summed E-state index contributed by atoms with van der Waals surface area (Å²) in [6.45, 7) is 12.2. The van der Waals surface area contributed by atoms with Gasteiger partial charge in [-0.1, -0.05) is 232 Å². The van der Waals surface area contributed by atoms with Crippen molar-refractivity contribution in [3.8, 4) is 66.8 Å². The smallest absolute Gasteiger partial charge is 0.00139 e. The van der Waals surface area contributed by atoms with Gasteiger partial charge in [0.05, 0.1) is 0 Å². The van der Waals surface area contributed by atoms with E-state index in [0.29, 0.717) is 0 Å². The molecule has 0 unspecified atom stereocenters. The summed E-state index contributed by atoms with van der Waals surface area (Å²) in [7, 11) is 0. The Labute approximate surface area is 377 Å². The van der Waals surface area contributed by atoms with E-state index in [9.17, 15) is 0 Å². The van der Waals surface area contributed by atoms with Crippen LogP contribution in [0.15, 0.2) is 244 Å². The summed E-state index contributed by atoms with van der Waals surface area (Å²) in [5.74, 6) is 0. The molecule has 0 N–H and O–H groups in total. The molecule has 0 nitrogen and oxygen atoms in total. The van der Waals surface area contributed by atoms with Crippen LogP contribution >= 0.6 is 0 Å². The van der Waals surface area contributed by atoms with E-state index < -0.39 is 0 Å². The Hall–Kier alpha value is -8.06. The predicted molar refractivity (Wildman–Crippen MR) is 280 cm³/mol. The topological polar surface area (TPSA) is 0 Å². The highest BCUT2D eigenvalue weighted by molar-refractivity contribution is 6.32. The summed E-state index contributed by atoms with van der Waals surface area (Å²) in [6, 6.07) is 71.8. The minimum atomic E-state index is 1.05. The molecule has 64 heavy (non-hydrogen) atoms. The molecule has 0 aliphatic carbocycles. The Morgan fingerprint density at radius 2 is 0.688 bits per heavy atom. The standard InChI is InChI=1S/C64H48/c1-5-15-43(7-3)47-21-29-51(30-22-47)59-41-61(53-33-25-49(26-34-53)45-17-11-9-12-18-45)57-39-40-58-62(54-35-27-50(28-36-54)46-19-13-10-14-20-46)42-60(56-38-37-55(59)63(57)64(56)58)52-31-23-48(24-32-52)44(8-4)16-6-2/h5-42H,1,3H2,2,4H3/b16-6-,43-15+,44-8+. The molecule has 10 aromatic carbocycles. The van der Waals surface area contributed by atoms with Crippen molar-refractivity contribution < 1.29 is 0 Å². The first-order valence-corrected chi connectivity index (χ1v) is 22.1. The highest BCUT2D eigenvalue weighted by Gasteiger charge is 2.21. The Morgan fingerprint density at radius 1 is 0.359 bits per heavy atom. The van der Waals surface area contributed by atoms with Crippen molar-refractivity contribution in [2.45, 2.75) is 13.8 Å². The zero-order chi connectivity index (χ0) is 43.6. The van der Waals surface area contributed by atoms with Crippen molar-refractivity contribution in [3.63, 3.8) is 0 Å². The van der Waals surface area contributed by atoms with Crippen LogP contribution in [0, 0.1) is 0 Å². The summed E-state index contributed by atoms with van der Waals surface area (Å²) in [5.41, 5.74) is 19.0. The van der Waals surface area contributed by atoms with Crippen molar-refractivity contribution >= 4 is 43.5 Å². The van der Waals surface area contributed by atoms with E-state index in [0.717, 1.165) is 11.1 Å². The molecule has 0 radical (unpaired) electrons. The molecule has 0 aliphatic heterocycles. The lowest BCUT2D eigenvalue weighted by molar-refractivity contribution is 1.57. The van der Waals surface area contributed by atoms with E-state index in [-0.39, 0.29) is 0 Å². The van der Waals surface area contributed by atoms with Gasteiger partial charge in [0.2, 0.25) is 0 Å². The van der Waals surface area contributed by atoms with Crippen LogP contribution in [0.3, 0.4) is 0 Å². The second-order valence-electron chi connectivity index (χ2n) is 16.4. The third kappa shape index (κ3) is 7.30. The average molecular weight is 817 g/mol. The Kier molecular flexibility index (Phi) is 10.9. The molecule has 0 saturated heterocycles. The van der Waals surface area contributed by atoms with Crippen LogP contribution in [-0.2, 0) is 0 Å². The van der Waals surface area contributed by atoms with Gasteiger partial charge in [-0.25, -0.2) is 0 Å². The highest BCUT2D eigenvalue weighted by atomic mass is 14.2. The second-order valence-corrected chi connectivity index (χ2v) is 16.4. The van der Waals surface area contributed by atoms with E-state index in [1.54, 1.807) is 0 Å². The first kappa shape index (κ1) is 40.0. The van der Waals surface area contributed by atoms with Crippen molar-refractivity contribution in [2.24, 2.45) is 0 Å². The van der Waals surface area contributed by atoms with Crippen LogP contribution in [0.25, 0.3) is 110 Å². The fraction of sp³-hybridized carbons (Fsp3) is 0.0312. The van der Waals surface area contributed by atoms with Gasteiger partial charge in [-0.2, -0.15) is 0 Å². The minimum Gasteiger partial charge on any atom is -0.0990 e. The number of allylic oxidation sites excluding steroid dienone is 8. The largest absolute Gasteiger partial charge is 0.0990 e. The summed E-state index contributed by atoms with van der Waals surface area (Å²) >= 11 is 0. The van der Waals surface area contributed by atoms with E-state index in [2.05, 4.69) is 239 Å². The quantitative estimate of drug-likeness (QED) is 0.0901. The number of benzene rings is 10. The molecule has 304 valence electrons. The zero-order valence-electron chi connectivity index (χ0n) is 36.4. The molecular weight excluding hydrogens is 769 g/mol. The van der Waals surface area contributed by atoms with Gasteiger partial charge in [0.1, 0.15) is 0 Å². The van der Waals surface area contributed by atoms with Gasteiger partial charge in [-0.05, 0) is 147 Å². The van der Waals surface area contributed by atoms with Crippen molar-refractivity contribution in [1.82, 2.24) is 0 Å². The van der Waals surface area contributed by atoms with Crippen LogP contribution in [-0.4, -0.2) is 0 Å². The highest BCUT2D eigenvalue weighted by Crippen LogP contribution is 2.49. The molecule has 10 aromatic rings. The summed E-state index contributed by atoms with van der Waals surface area (Å²) in [5, 5.41) is 7.53. The third-order valence-corrected chi connectivity index (χ3v) is 12.7. The minimum absolute atomic E-state index is 1.05. The average Bonchev–Trinajstić information content (AvgIpc) is 3.37. The summed E-state index contributed by atoms with van der Waals surface area (Å²) in [6.07, 6.45) is 12.2. The maximum absolute atomic E-state index is 4.07. The Morgan fingerprint density at radius 3 is 1.02 bits per heavy atom. The van der Waals surface area contributed by atoms with Gasteiger partial charge < -0.3 is 0 Å². The van der Waals surface area contributed by atoms with E-state index in [4.69, 9.17) is 0 Å². The molecule has 0 amide bonds. The lowest BCUT2D eigenvalue weighted by atomic mass is 9.81. The van der Waals surface area contributed by atoms with Gasteiger partial charge >= 0.3 is 0 Å². The molecule has 0 saturated carbocycles. The maximum atomic E-state index is 4.07. The molecule has 0 heterocycles. The maximum Gasteiger partial charge on any atom is -0.00139 e. The van der Waals surface area contributed by atoms with Crippen LogP contribution in [0.5, 0.6) is 0 Å². The fourth-order valence-corrected chi connectivity index (χ4v) is 9.53. The van der Waals surface area contributed by atoms with Gasteiger partial charge in [0.15, 0.2) is 0 Å². The van der Waals surface area contributed by atoms with Gasteiger partial charge in [-0.15, -0.1) is 0 Å². The zero-order valence-corrected chi connectivity index (χ0v) is 36.4. The van der Waals surface area contributed by atoms with Gasteiger partial charge in [-0.3, -0.25) is 0 Å². The number of hydrogen-bond donors (Lipinski definition) is 0. The monoisotopic (exact) mass is 816 g/mol. The third-order valence-electron chi connectivity index (χ3n) is 12.7. The predicted octanol–water partition coefficient (Wildman–Crippen LogP) is 18.3. The normalized spacial score (nSPS) is 12.2. The van der Waals surface area contributed by atoms with Crippen molar-refractivity contribution in [1.29, 1.82) is 0 Å². The van der Waals surface area contributed by atoms with Gasteiger partial charge in [0.25, 0.3) is 0 Å². The second kappa shape index (κ2) is 17.4. The molecule has 0 aromatic heterocycles. The Balaban J connectivity index is 1.25. The SMILES string of the molecule is C=C/C=C(\C=C)c1ccc(-c2cc(-c3ccc(-c4ccccc4)cc3)c3ccc4c(-c5ccc(-c6ccccc6)cc5)cc(-c5ccc(C(/C=C\C)=C/C)cc5)c5ccc2c3c54)cc1. The molecular formula is C64H48. The van der Waals surface area contributed by atoms with Gasteiger partial charge in [0, 0.05) is 0 Å². The molecule has 0 fully saturated rings. The molecule has 0 heteroatoms. The summed E-state index contributed by atoms with van der Waals surface area (Å²) < 4.78 is 0. The van der Waals surface area contributed by atoms with Crippen molar-refractivity contribution in [2.75, 3.05) is 0 Å². The first-order chi connectivity index (χ1) is 31.6. The molecule has 0 atom stereocenters. The molecule has 10 rings (SSSR count). The lowest BCUT2D eigenvalue weighted by Crippen LogP contribution is -1.95. The van der Waals surface area contributed by atoms with Crippen LogP contribution < -0.4 is 0 Å². The summed E-state index contributed by atoms with van der Waals surface area (Å²) in [4.78, 5) is 0. The van der Waals surface area contributed by atoms with E-state index in [1.165, 1.54) is 110 Å². The number of hydrogen-bond acceptors (Lipinski definition) is 0. The van der Waals surface area contributed by atoms with Crippen LogP contribution in [0.4, 0.5) is 0 Å². The molecule has 0 spiro atoms. The van der Waals surface area contributed by atoms with Crippen molar-refractivity contribution in [3.05, 3.63) is 255 Å². The Bertz CT molecular complexity index is 3390. The molecule has 0 bridgehead atoms. The first-order valence-electron chi connectivity index (χ1n) is 22.1. The van der Waals surface area contributed by atoms with E-state index >= 15 is 0 Å².